The second-order valence-electron chi connectivity index (χ2n) is 9.16. The van der Waals surface area contributed by atoms with Gasteiger partial charge in [0.2, 0.25) is 5.91 Å². The molecule has 3 rings (SSSR count). The zero-order valence-electron chi connectivity index (χ0n) is 20.1. The van der Waals surface area contributed by atoms with Crippen LogP contribution in [0.1, 0.15) is 57.1 Å². The van der Waals surface area contributed by atoms with Gasteiger partial charge in [-0.15, -0.1) is 24.0 Å². The molecule has 3 unspecified atom stereocenters. The molecule has 1 heterocycles. The van der Waals surface area contributed by atoms with Gasteiger partial charge >= 0.3 is 0 Å². The number of aryl methyl sites for hydroxylation is 1. The highest BCUT2D eigenvalue weighted by molar-refractivity contribution is 14.0. The molecule has 180 valence electrons. The van der Waals surface area contributed by atoms with E-state index in [1.807, 2.05) is 0 Å². The average Bonchev–Trinajstić information content (AvgIpc) is 2.78. The number of rotatable bonds is 7. The van der Waals surface area contributed by atoms with Gasteiger partial charge in [0.15, 0.2) is 5.96 Å². The van der Waals surface area contributed by atoms with Crippen LogP contribution in [0.15, 0.2) is 29.3 Å². The molecule has 2 aliphatic rings. The maximum absolute atomic E-state index is 12.2. The van der Waals surface area contributed by atoms with Gasteiger partial charge in [-0.1, -0.05) is 51.0 Å². The Hall–Kier alpha value is -1.35. The lowest BCUT2D eigenvalue weighted by Crippen LogP contribution is -2.52. The SMILES string of the molecule is CCC(CC)C1CC(NC(=NCC(=O)N(C)C)NC2CCc3ccccc3C2)CCO1.I. The molecule has 6 nitrogen and oxygen atoms in total. The van der Waals surface area contributed by atoms with Gasteiger partial charge in [0, 0.05) is 32.8 Å². The van der Waals surface area contributed by atoms with Gasteiger partial charge in [-0.05, 0) is 49.1 Å². The summed E-state index contributed by atoms with van der Waals surface area (Å²) in [5.41, 5.74) is 2.86. The fourth-order valence-electron chi connectivity index (χ4n) is 4.73. The van der Waals surface area contributed by atoms with E-state index in [9.17, 15) is 4.79 Å². The number of aliphatic imine (C=N–C) groups is 1. The number of carbonyl (C=O) groups excluding carboxylic acids is 1. The molecular formula is C25H41IN4O2. The molecule has 3 atom stereocenters. The quantitative estimate of drug-likeness (QED) is 0.305. The van der Waals surface area contributed by atoms with Gasteiger partial charge in [0.25, 0.3) is 0 Å². The number of fused-ring (bicyclic) bond motifs is 1. The molecule has 1 saturated heterocycles. The molecule has 0 aromatic heterocycles. The van der Waals surface area contributed by atoms with Crippen LogP contribution in [0.25, 0.3) is 0 Å². The summed E-state index contributed by atoms with van der Waals surface area (Å²) in [5.74, 6) is 1.37. The monoisotopic (exact) mass is 556 g/mol. The second kappa shape index (κ2) is 13.4. The summed E-state index contributed by atoms with van der Waals surface area (Å²) in [6.45, 7) is 5.43. The van der Waals surface area contributed by atoms with Crippen LogP contribution in [0.5, 0.6) is 0 Å². The van der Waals surface area contributed by atoms with E-state index in [0.717, 1.165) is 57.5 Å². The molecule has 2 N–H and O–H groups in total. The lowest BCUT2D eigenvalue weighted by atomic mass is 9.88. The number of amides is 1. The first-order chi connectivity index (χ1) is 15.0. The van der Waals surface area contributed by atoms with E-state index in [2.05, 4.69) is 53.7 Å². The second-order valence-corrected chi connectivity index (χ2v) is 9.16. The van der Waals surface area contributed by atoms with E-state index in [1.165, 1.54) is 11.1 Å². The number of likely N-dealkylation sites (N-methyl/N-ethyl adjacent to an activating group) is 1. The van der Waals surface area contributed by atoms with Crippen molar-refractivity contribution in [2.24, 2.45) is 10.9 Å². The molecule has 1 fully saturated rings. The molecule has 0 spiro atoms. The number of ether oxygens (including phenoxy) is 1. The maximum Gasteiger partial charge on any atom is 0.243 e. The first-order valence-corrected chi connectivity index (χ1v) is 12.0. The molecule has 1 amide bonds. The summed E-state index contributed by atoms with van der Waals surface area (Å²) >= 11 is 0. The minimum Gasteiger partial charge on any atom is -0.378 e. The standard InChI is InChI=1S/C25H40N4O2.HI/c1-5-18(6-2)23-16-22(13-14-31-23)28-25(26-17-24(30)29(3)4)27-21-12-11-19-9-7-8-10-20(19)15-21;/h7-10,18,21-23H,5-6,11-17H2,1-4H3,(H2,26,27,28);1H. The predicted molar refractivity (Wildman–Crippen MR) is 142 cm³/mol. The van der Waals surface area contributed by atoms with Crippen molar-refractivity contribution >= 4 is 35.8 Å². The number of hydrogen-bond acceptors (Lipinski definition) is 3. The Morgan fingerprint density at radius 3 is 2.50 bits per heavy atom. The number of nitrogens with one attached hydrogen (secondary N) is 2. The van der Waals surface area contributed by atoms with E-state index in [4.69, 9.17) is 4.74 Å². The van der Waals surface area contributed by atoms with Crippen molar-refractivity contribution < 1.29 is 9.53 Å². The summed E-state index contributed by atoms with van der Waals surface area (Å²) in [7, 11) is 3.55. The van der Waals surface area contributed by atoms with E-state index >= 15 is 0 Å². The van der Waals surface area contributed by atoms with Gasteiger partial charge in [0.05, 0.1) is 6.10 Å². The number of benzene rings is 1. The summed E-state index contributed by atoms with van der Waals surface area (Å²) in [5, 5.41) is 7.28. The highest BCUT2D eigenvalue weighted by Gasteiger charge is 2.29. The Morgan fingerprint density at radius 2 is 1.81 bits per heavy atom. The third kappa shape index (κ3) is 7.61. The maximum atomic E-state index is 12.2. The number of nitrogens with zero attached hydrogens (tertiary/aromatic N) is 2. The Labute approximate surface area is 211 Å². The highest BCUT2D eigenvalue weighted by Crippen LogP contribution is 2.25. The van der Waals surface area contributed by atoms with Crippen molar-refractivity contribution in [2.45, 2.75) is 77.0 Å². The zero-order chi connectivity index (χ0) is 22.2. The molecule has 32 heavy (non-hydrogen) atoms. The Kier molecular flexibility index (Phi) is 11.2. The van der Waals surface area contributed by atoms with Gasteiger partial charge in [-0.25, -0.2) is 4.99 Å². The molecule has 1 aliphatic carbocycles. The normalized spacial score (nSPS) is 23.2. The summed E-state index contributed by atoms with van der Waals surface area (Å²) in [6.07, 6.45) is 7.68. The summed E-state index contributed by atoms with van der Waals surface area (Å²) in [4.78, 5) is 18.4. The van der Waals surface area contributed by atoms with Gasteiger partial charge in [-0.3, -0.25) is 4.79 Å². The van der Waals surface area contributed by atoms with Crippen molar-refractivity contribution in [1.82, 2.24) is 15.5 Å². The average molecular weight is 557 g/mol. The van der Waals surface area contributed by atoms with Gasteiger partial charge in [0.1, 0.15) is 6.54 Å². The summed E-state index contributed by atoms with van der Waals surface area (Å²) in [6, 6.07) is 9.33. The third-order valence-electron chi connectivity index (χ3n) is 6.79. The minimum atomic E-state index is 0. The zero-order valence-corrected chi connectivity index (χ0v) is 22.4. The Balaban J connectivity index is 0.00000363. The van der Waals surface area contributed by atoms with Crippen LogP contribution in [0, 0.1) is 5.92 Å². The third-order valence-corrected chi connectivity index (χ3v) is 6.79. The molecule has 7 heteroatoms. The van der Waals surface area contributed by atoms with Crippen LogP contribution in [-0.2, 0) is 22.4 Å². The Bertz CT molecular complexity index is 751. The van der Waals surface area contributed by atoms with Crippen molar-refractivity contribution in [1.29, 1.82) is 0 Å². The van der Waals surface area contributed by atoms with Crippen LogP contribution in [0.4, 0.5) is 0 Å². The molecule has 1 aromatic rings. The molecule has 1 aliphatic heterocycles. The fourth-order valence-corrected chi connectivity index (χ4v) is 4.73. The first-order valence-electron chi connectivity index (χ1n) is 12.0. The molecule has 0 radical (unpaired) electrons. The van der Waals surface area contributed by atoms with Crippen LogP contribution in [0.2, 0.25) is 0 Å². The van der Waals surface area contributed by atoms with E-state index in [0.29, 0.717) is 24.1 Å². The summed E-state index contributed by atoms with van der Waals surface area (Å²) < 4.78 is 6.09. The van der Waals surface area contributed by atoms with E-state index < -0.39 is 0 Å². The lowest BCUT2D eigenvalue weighted by Gasteiger charge is -2.36. The van der Waals surface area contributed by atoms with Gasteiger partial charge in [-0.2, -0.15) is 0 Å². The van der Waals surface area contributed by atoms with Crippen LogP contribution >= 0.6 is 24.0 Å². The van der Waals surface area contributed by atoms with Crippen molar-refractivity contribution in [2.75, 3.05) is 27.2 Å². The fraction of sp³-hybridized carbons (Fsp3) is 0.680. The van der Waals surface area contributed by atoms with Crippen molar-refractivity contribution in [3.8, 4) is 0 Å². The van der Waals surface area contributed by atoms with Gasteiger partial charge < -0.3 is 20.3 Å². The van der Waals surface area contributed by atoms with E-state index in [-0.39, 0.29) is 36.4 Å². The number of carbonyl (C=O) groups is 1. The van der Waals surface area contributed by atoms with Crippen LogP contribution in [-0.4, -0.2) is 62.2 Å². The topological polar surface area (TPSA) is 66.0 Å². The van der Waals surface area contributed by atoms with E-state index in [1.54, 1.807) is 19.0 Å². The molecule has 1 aromatic carbocycles. The molecule has 0 bridgehead atoms. The molecular weight excluding hydrogens is 515 g/mol. The van der Waals surface area contributed by atoms with Crippen molar-refractivity contribution in [3.05, 3.63) is 35.4 Å². The number of halogens is 1. The van der Waals surface area contributed by atoms with Crippen molar-refractivity contribution in [3.63, 3.8) is 0 Å². The smallest absolute Gasteiger partial charge is 0.243 e. The first kappa shape index (κ1) is 26.9. The predicted octanol–water partition coefficient (Wildman–Crippen LogP) is 3.77. The Morgan fingerprint density at radius 1 is 1.12 bits per heavy atom. The number of guanidine groups is 1. The molecule has 0 saturated carbocycles. The number of hydrogen-bond donors (Lipinski definition) is 2. The van der Waals surface area contributed by atoms with Crippen LogP contribution < -0.4 is 10.6 Å². The largest absolute Gasteiger partial charge is 0.378 e. The lowest BCUT2D eigenvalue weighted by molar-refractivity contribution is -0.127. The van der Waals surface area contributed by atoms with Crippen LogP contribution in [0.3, 0.4) is 0 Å². The minimum absolute atomic E-state index is 0. The highest BCUT2D eigenvalue weighted by atomic mass is 127.